The molecule has 3 aromatic rings. The zero-order valence-electron chi connectivity index (χ0n) is 20.5. The second kappa shape index (κ2) is 13.0. The van der Waals surface area contributed by atoms with Gasteiger partial charge in [-0.25, -0.2) is 0 Å². The monoisotopic (exact) mass is 498 g/mol. The highest BCUT2D eigenvalue weighted by molar-refractivity contribution is 5.95. The summed E-state index contributed by atoms with van der Waals surface area (Å²) in [6, 6.07) is 10.5. The third-order valence-corrected chi connectivity index (χ3v) is 5.25. The zero-order valence-corrected chi connectivity index (χ0v) is 20.5. The molecule has 11 nitrogen and oxygen atoms in total. The lowest BCUT2D eigenvalue weighted by molar-refractivity contribution is -0.120. The van der Waals surface area contributed by atoms with Crippen LogP contribution in [-0.4, -0.2) is 56.4 Å². The van der Waals surface area contributed by atoms with Gasteiger partial charge in [0.15, 0.2) is 18.1 Å². The summed E-state index contributed by atoms with van der Waals surface area (Å²) in [6.45, 7) is 0.148. The summed E-state index contributed by atoms with van der Waals surface area (Å²) in [5, 5.41) is 6.91. The third-order valence-electron chi connectivity index (χ3n) is 5.25. The maximum atomic E-state index is 12.6. The number of nitrogens with two attached hydrogens (primary N) is 1. The number of unbranched alkanes of at least 4 members (excludes halogenated alkanes) is 2. The number of benzene rings is 2. The summed E-state index contributed by atoms with van der Waals surface area (Å²) >= 11 is 0. The fraction of sp³-hybridized carbons (Fsp3) is 0.360. The molecule has 192 valence electrons. The first kappa shape index (κ1) is 26.3. The first-order valence-corrected chi connectivity index (χ1v) is 11.4. The third kappa shape index (κ3) is 7.11. The van der Waals surface area contributed by atoms with Crippen molar-refractivity contribution in [3.8, 4) is 34.4 Å². The van der Waals surface area contributed by atoms with Crippen molar-refractivity contribution in [3.63, 3.8) is 0 Å². The molecule has 0 atom stereocenters. The lowest BCUT2D eigenvalue weighted by Crippen LogP contribution is -2.24. The number of carbonyl (C=O) groups excluding carboxylic acids is 2. The molecule has 3 N–H and O–H groups in total. The van der Waals surface area contributed by atoms with E-state index in [9.17, 15) is 9.59 Å². The Balaban J connectivity index is 1.44. The maximum absolute atomic E-state index is 12.6. The van der Waals surface area contributed by atoms with Gasteiger partial charge in [0.25, 0.3) is 11.8 Å². The molecule has 0 bridgehead atoms. The van der Waals surface area contributed by atoms with Crippen molar-refractivity contribution in [3.05, 3.63) is 47.9 Å². The van der Waals surface area contributed by atoms with Crippen LogP contribution in [0.2, 0.25) is 0 Å². The van der Waals surface area contributed by atoms with E-state index in [4.69, 9.17) is 29.2 Å². The van der Waals surface area contributed by atoms with Crippen molar-refractivity contribution in [1.29, 1.82) is 0 Å². The SMILES string of the molecule is COc1ccc(-c2noc(CCCCCNC(=O)c3cc(OC)c(OCC(N)=O)c(OC)c3)n2)cc1. The van der Waals surface area contributed by atoms with Gasteiger partial charge in [0, 0.05) is 24.1 Å². The molecule has 2 amide bonds. The van der Waals surface area contributed by atoms with Crippen LogP contribution in [0.1, 0.15) is 35.5 Å². The molecule has 0 radical (unpaired) electrons. The first-order valence-electron chi connectivity index (χ1n) is 11.4. The second-order valence-corrected chi connectivity index (χ2v) is 7.77. The van der Waals surface area contributed by atoms with Crippen LogP contribution in [0.5, 0.6) is 23.0 Å². The number of carbonyl (C=O) groups is 2. The summed E-state index contributed by atoms with van der Waals surface area (Å²) in [7, 11) is 4.47. The molecule has 11 heteroatoms. The van der Waals surface area contributed by atoms with E-state index in [1.807, 2.05) is 24.3 Å². The molecule has 0 spiro atoms. The number of hydrogen-bond donors (Lipinski definition) is 2. The highest BCUT2D eigenvalue weighted by atomic mass is 16.5. The van der Waals surface area contributed by atoms with E-state index in [0.717, 1.165) is 30.6 Å². The van der Waals surface area contributed by atoms with Gasteiger partial charge in [0.05, 0.1) is 21.3 Å². The van der Waals surface area contributed by atoms with E-state index in [1.165, 1.54) is 26.4 Å². The van der Waals surface area contributed by atoms with Gasteiger partial charge in [-0.2, -0.15) is 4.98 Å². The number of amides is 2. The summed E-state index contributed by atoms with van der Waals surface area (Å²) < 4.78 is 26.4. The molecule has 0 saturated heterocycles. The molecule has 0 saturated carbocycles. The predicted molar refractivity (Wildman–Crippen MR) is 130 cm³/mol. The molecule has 2 aromatic carbocycles. The van der Waals surface area contributed by atoms with Crippen LogP contribution in [0, 0.1) is 0 Å². The maximum Gasteiger partial charge on any atom is 0.255 e. The molecular weight excluding hydrogens is 468 g/mol. The van der Waals surface area contributed by atoms with Gasteiger partial charge in [-0.3, -0.25) is 9.59 Å². The van der Waals surface area contributed by atoms with E-state index in [-0.39, 0.29) is 29.8 Å². The van der Waals surface area contributed by atoms with E-state index >= 15 is 0 Å². The predicted octanol–water partition coefficient (Wildman–Crippen LogP) is 2.77. The highest BCUT2D eigenvalue weighted by Crippen LogP contribution is 2.38. The standard InChI is InChI=1S/C25H30N4O7/c1-32-18-10-8-16(9-11-18)24-28-22(36-29-24)7-5-4-6-12-27-25(31)17-13-19(33-2)23(20(14-17)34-3)35-15-21(26)30/h8-11,13-14H,4-7,12,15H2,1-3H3,(H2,26,30)(H,27,31). The van der Waals surface area contributed by atoms with E-state index in [1.54, 1.807) is 7.11 Å². The van der Waals surface area contributed by atoms with E-state index < -0.39 is 5.91 Å². The number of nitrogens with zero attached hydrogens (tertiary/aromatic N) is 2. The molecule has 0 aliphatic rings. The van der Waals surface area contributed by atoms with Gasteiger partial charge in [0.2, 0.25) is 17.5 Å². The Morgan fingerprint density at radius 1 is 0.972 bits per heavy atom. The minimum atomic E-state index is -0.641. The van der Waals surface area contributed by atoms with Crippen molar-refractivity contribution in [2.75, 3.05) is 34.5 Å². The molecule has 0 unspecified atom stereocenters. The quantitative estimate of drug-likeness (QED) is 0.320. The molecular formula is C25H30N4O7. The summed E-state index contributed by atoms with van der Waals surface area (Å²) in [5.74, 6) is 1.67. The summed E-state index contributed by atoms with van der Waals surface area (Å²) in [5.41, 5.74) is 6.33. The number of rotatable bonds is 14. The lowest BCUT2D eigenvalue weighted by atomic mass is 10.1. The Morgan fingerprint density at radius 2 is 1.67 bits per heavy atom. The molecule has 0 aliphatic carbocycles. The number of aromatic nitrogens is 2. The van der Waals surface area contributed by atoms with Crippen LogP contribution in [-0.2, 0) is 11.2 Å². The smallest absolute Gasteiger partial charge is 0.255 e. The Labute approximate surface area is 208 Å². The Bertz CT molecular complexity index is 1140. The summed E-state index contributed by atoms with van der Waals surface area (Å²) in [4.78, 5) is 28.1. The van der Waals surface area contributed by atoms with Crippen LogP contribution in [0.3, 0.4) is 0 Å². The Morgan fingerprint density at radius 3 is 2.28 bits per heavy atom. The van der Waals surface area contributed by atoms with Crippen molar-refractivity contribution in [2.45, 2.75) is 25.7 Å². The number of nitrogens with one attached hydrogen (secondary N) is 1. The van der Waals surface area contributed by atoms with E-state index in [0.29, 0.717) is 30.2 Å². The van der Waals surface area contributed by atoms with Gasteiger partial charge in [-0.1, -0.05) is 11.6 Å². The van der Waals surface area contributed by atoms with Crippen LogP contribution in [0.15, 0.2) is 40.9 Å². The Hall–Kier alpha value is -4.28. The van der Waals surface area contributed by atoms with Crippen LogP contribution >= 0.6 is 0 Å². The van der Waals surface area contributed by atoms with Crippen molar-refractivity contribution >= 4 is 11.8 Å². The van der Waals surface area contributed by atoms with Crippen molar-refractivity contribution < 1.29 is 33.1 Å². The van der Waals surface area contributed by atoms with E-state index in [2.05, 4.69) is 15.5 Å². The van der Waals surface area contributed by atoms with Crippen molar-refractivity contribution in [1.82, 2.24) is 15.5 Å². The minimum absolute atomic E-state index is 0.200. The molecule has 1 aromatic heterocycles. The number of aryl methyl sites for hydroxylation is 1. The lowest BCUT2D eigenvalue weighted by Gasteiger charge is -2.15. The van der Waals surface area contributed by atoms with Gasteiger partial charge >= 0.3 is 0 Å². The number of methoxy groups -OCH3 is 3. The van der Waals surface area contributed by atoms with Gasteiger partial charge < -0.3 is 34.5 Å². The number of hydrogen-bond acceptors (Lipinski definition) is 9. The number of ether oxygens (including phenoxy) is 4. The van der Waals surface area contributed by atoms with Crippen LogP contribution < -0.4 is 30.0 Å². The van der Waals surface area contributed by atoms with Crippen molar-refractivity contribution in [2.24, 2.45) is 5.73 Å². The van der Waals surface area contributed by atoms with Gasteiger partial charge in [0.1, 0.15) is 5.75 Å². The minimum Gasteiger partial charge on any atom is -0.497 e. The van der Waals surface area contributed by atoms with Gasteiger partial charge in [-0.15, -0.1) is 0 Å². The first-order chi connectivity index (χ1) is 17.4. The largest absolute Gasteiger partial charge is 0.497 e. The summed E-state index contributed by atoms with van der Waals surface area (Å²) in [6.07, 6.45) is 3.14. The Kier molecular flexibility index (Phi) is 9.49. The topological polar surface area (TPSA) is 148 Å². The normalized spacial score (nSPS) is 10.5. The van der Waals surface area contributed by atoms with Crippen LogP contribution in [0.25, 0.3) is 11.4 Å². The zero-order chi connectivity index (χ0) is 25.9. The fourth-order valence-corrected chi connectivity index (χ4v) is 3.39. The fourth-order valence-electron chi connectivity index (χ4n) is 3.39. The molecule has 36 heavy (non-hydrogen) atoms. The second-order valence-electron chi connectivity index (χ2n) is 7.77. The average molecular weight is 499 g/mol. The average Bonchev–Trinajstić information content (AvgIpc) is 3.37. The molecule has 0 aliphatic heterocycles. The van der Waals surface area contributed by atoms with Gasteiger partial charge in [-0.05, 0) is 49.2 Å². The molecule has 0 fully saturated rings. The molecule has 1 heterocycles. The number of primary amides is 1. The van der Waals surface area contributed by atoms with Crippen LogP contribution in [0.4, 0.5) is 0 Å². The molecule has 3 rings (SSSR count). The highest BCUT2D eigenvalue weighted by Gasteiger charge is 2.18.